The average Bonchev–Trinajstić information content (AvgIpc) is 2.12. The van der Waals surface area contributed by atoms with Gasteiger partial charge in [-0.3, -0.25) is 0 Å². The van der Waals surface area contributed by atoms with Gasteiger partial charge in [-0.25, -0.2) is 0 Å². The smallest absolute Gasteiger partial charge is 0.120 e. The molecule has 1 nitrogen and oxygen atoms in total. The first kappa shape index (κ1) is 12.1. The largest absolute Gasteiger partial charge is 0.494 e. The van der Waals surface area contributed by atoms with Gasteiger partial charge in [0.05, 0.1) is 6.61 Å². The first-order valence-electron chi connectivity index (χ1n) is 4.71. The van der Waals surface area contributed by atoms with Crippen LogP contribution in [0.3, 0.4) is 0 Å². The molecule has 0 fully saturated rings. The Labute approximate surface area is 102 Å². The summed E-state index contributed by atoms with van der Waals surface area (Å²) >= 11 is 6.92. The van der Waals surface area contributed by atoms with E-state index < -0.39 is 0 Å². The first-order valence-corrected chi connectivity index (χ1v) is 6.42. The summed E-state index contributed by atoms with van der Waals surface area (Å²) in [6.07, 6.45) is 2.23. The van der Waals surface area contributed by atoms with E-state index in [2.05, 4.69) is 38.8 Å². The molecule has 0 amide bonds. The molecule has 0 aromatic heterocycles. The maximum absolute atomic E-state index is 5.59. The number of ether oxygens (including phenoxy) is 1. The standard InChI is InChI=1S/C11H14Br2O/c1-9(12)4-3-7-14-11-6-2-5-10(13)8-11/h2,5-6,8-9H,3-4,7H2,1H3. The Bertz CT molecular complexity index is 274. The summed E-state index contributed by atoms with van der Waals surface area (Å²) in [6.45, 7) is 2.94. The van der Waals surface area contributed by atoms with E-state index in [-0.39, 0.29) is 0 Å². The topological polar surface area (TPSA) is 9.23 Å². The van der Waals surface area contributed by atoms with Crippen LogP contribution in [0.2, 0.25) is 0 Å². The first-order chi connectivity index (χ1) is 6.68. The summed E-state index contributed by atoms with van der Waals surface area (Å²) in [4.78, 5) is 0.577. The van der Waals surface area contributed by atoms with Crippen molar-refractivity contribution in [1.82, 2.24) is 0 Å². The third kappa shape index (κ3) is 5.01. The molecule has 0 aliphatic carbocycles. The summed E-state index contributed by atoms with van der Waals surface area (Å²) in [5.74, 6) is 0.932. The molecule has 0 saturated heterocycles. The van der Waals surface area contributed by atoms with E-state index in [4.69, 9.17) is 4.74 Å². The van der Waals surface area contributed by atoms with Crippen LogP contribution < -0.4 is 4.74 Å². The lowest BCUT2D eigenvalue weighted by atomic mass is 10.3. The second kappa shape index (κ2) is 6.46. The Hall–Kier alpha value is -0.0200. The van der Waals surface area contributed by atoms with Crippen LogP contribution in [-0.2, 0) is 0 Å². The van der Waals surface area contributed by atoms with Crippen LogP contribution in [0.15, 0.2) is 28.7 Å². The van der Waals surface area contributed by atoms with Crippen molar-refractivity contribution in [3.05, 3.63) is 28.7 Å². The van der Waals surface area contributed by atoms with Gasteiger partial charge in [-0.2, -0.15) is 0 Å². The molecule has 0 saturated carbocycles. The molecule has 1 unspecified atom stereocenters. The molecule has 1 atom stereocenters. The van der Waals surface area contributed by atoms with Gasteiger partial charge in [0, 0.05) is 9.30 Å². The summed E-state index contributed by atoms with van der Waals surface area (Å²) in [5.41, 5.74) is 0. The average molecular weight is 322 g/mol. The highest BCUT2D eigenvalue weighted by molar-refractivity contribution is 9.10. The maximum Gasteiger partial charge on any atom is 0.120 e. The van der Waals surface area contributed by atoms with Crippen molar-refractivity contribution in [3.8, 4) is 5.75 Å². The molecule has 1 aromatic carbocycles. The van der Waals surface area contributed by atoms with Gasteiger partial charge in [0.15, 0.2) is 0 Å². The van der Waals surface area contributed by atoms with Gasteiger partial charge in [-0.05, 0) is 31.0 Å². The molecule has 14 heavy (non-hydrogen) atoms. The molecular formula is C11H14Br2O. The highest BCUT2D eigenvalue weighted by Crippen LogP contribution is 2.18. The number of benzene rings is 1. The maximum atomic E-state index is 5.59. The van der Waals surface area contributed by atoms with E-state index in [9.17, 15) is 0 Å². The normalized spacial score (nSPS) is 12.5. The van der Waals surface area contributed by atoms with E-state index in [0.717, 1.165) is 29.7 Å². The Morgan fingerprint density at radius 3 is 2.86 bits per heavy atom. The fourth-order valence-electron chi connectivity index (χ4n) is 1.11. The Kier molecular flexibility index (Phi) is 5.56. The second-order valence-electron chi connectivity index (χ2n) is 3.23. The molecule has 0 N–H and O–H groups in total. The molecule has 0 aliphatic heterocycles. The number of rotatable bonds is 5. The predicted molar refractivity (Wildman–Crippen MR) is 67.3 cm³/mol. The lowest BCUT2D eigenvalue weighted by Crippen LogP contribution is -2.00. The highest BCUT2D eigenvalue weighted by Gasteiger charge is 1.97. The van der Waals surface area contributed by atoms with Crippen molar-refractivity contribution in [3.63, 3.8) is 0 Å². The van der Waals surface area contributed by atoms with Gasteiger partial charge >= 0.3 is 0 Å². The van der Waals surface area contributed by atoms with Crippen LogP contribution in [0.1, 0.15) is 19.8 Å². The minimum absolute atomic E-state index is 0.577. The van der Waals surface area contributed by atoms with Crippen molar-refractivity contribution in [2.75, 3.05) is 6.61 Å². The third-order valence-corrected chi connectivity index (χ3v) is 2.76. The molecule has 1 rings (SSSR count). The van der Waals surface area contributed by atoms with Gasteiger partial charge in [0.1, 0.15) is 5.75 Å². The molecule has 1 aromatic rings. The van der Waals surface area contributed by atoms with Crippen molar-refractivity contribution in [1.29, 1.82) is 0 Å². The van der Waals surface area contributed by atoms with E-state index in [1.807, 2.05) is 24.3 Å². The van der Waals surface area contributed by atoms with Crippen LogP contribution in [0.25, 0.3) is 0 Å². The number of hydrogen-bond donors (Lipinski definition) is 0. The zero-order chi connectivity index (χ0) is 10.4. The quantitative estimate of drug-likeness (QED) is 0.577. The van der Waals surface area contributed by atoms with E-state index >= 15 is 0 Å². The van der Waals surface area contributed by atoms with Gasteiger partial charge in [-0.1, -0.05) is 44.8 Å². The molecule has 0 aliphatic rings. The van der Waals surface area contributed by atoms with Crippen molar-refractivity contribution >= 4 is 31.9 Å². The van der Waals surface area contributed by atoms with Crippen LogP contribution in [-0.4, -0.2) is 11.4 Å². The highest BCUT2D eigenvalue weighted by atomic mass is 79.9. The molecule has 0 radical (unpaired) electrons. The third-order valence-electron chi connectivity index (χ3n) is 1.81. The van der Waals surface area contributed by atoms with Crippen molar-refractivity contribution in [2.24, 2.45) is 0 Å². The zero-order valence-corrected chi connectivity index (χ0v) is 11.3. The molecule has 0 heterocycles. The van der Waals surface area contributed by atoms with Crippen LogP contribution >= 0.6 is 31.9 Å². The molecule has 0 spiro atoms. The monoisotopic (exact) mass is 320 g/mol. The number of hydrogen-bond acceptors (Lipinski definition) is 1. The number of alkyl halides is 1. The Morgan fingerprint density at radius 2 is 2.21 bits per heavy atom. The summed E-state index contributed by atoms with van der Waals surface area (Å²) in [5, 5.41) is 0. The molecular weight excluding hydrogens is 308 g/mol. The van der Waals surface area contributed by atoms with Crippen LogP contribution in [0, 0.1) is 0 Å². The van der Waals surface area contributed by atoms with Crippen molar-refractivity contribution < 1.29 is 4.74 Å². The molecule has 0 bridgehead atoms. The van der Waals surface area contributed by atoms with Gasteiger partial charge < -0.3 is 4.74 Å². The molecule has 3 heteroatoms. The minimum atomic E-state index is 0.577. The Morgan fingerprint density at radius 1 is 1.43 bits per heavy atom. The van der Waals surface area contributed by atoms with Crippen LogP contribution in [0.5, 0.6) is 5.75 Å². The van der Waals surface area contributed by atoms with E-state index in [1.54, 1.807) is 0 Å². The minimum Gasteiger partial charge on any atom is -0.494 e. The Balaban J connectivity index is 2.25. The summed E-state index contributed by atoms with van der Waals surface area (Å²) in [7, 11) is 0. The second-order valence-corrected chi connectivity index (χ2v) is 5.71. The molecule has 78 valence electrons. The van der Waals surface area contributed by atoms with Crippen LogP contribution in [0.4, 0.5) is 0 Å². The summed E-state index contributed by atoms with van der Waals surface area (Å²) < 4.78 is 6.65. The fraction of sp³-hybridized carbons (Fsp3) is 0.455. The lowest BCUT2D eigenvalue weighted by molar-refractivity contribution is 0.307. The van der Waals surface area contributed by atoms with Gasteiger partial charge in [0.25, 0.3) is 0 Å². The number of halogens is 2. The fourth-order valence-corrected chi connectivity index (χ4v) is 1.81. The SMILES string of the molecule is CC(Br)CCCOc1cccc(Br)c1. The predicted octanol–water partition coefficient (Wildman–Crippen LogP) is 4.39. The summed E-state index contributed by atoms with van der Waals surface area (Å²) in [6, 6.07) is 7.93. The van der Waals surface area contributed by atoms with Crippen molar-refractivity contribution in [2.45, 2.75) is 24.6 Å². The van der Waals surface area contributed by atoms with E-state index in [1.165, 1.54) is 0 Å². The zero-order valence-electron chi connectivity index (χ0n) is 8.17. The van der Waals surface area contributed by atoms with Gasteiger partial charge in [0.2, 0.25) is 0 Å². The lowest BCUT2D eigenvalue weighted by Gasteiger charge is -2.06. The van der Waals surface area contributed by atoms with E-state index in [0.29, 0.717) is 4.83 Å². The van der Waals surface area contributed by atoms with Gasteiger partial charge in [-0.15, -0.1) is 0 Å².